The van der Waals surface area contributed by atoms with Crippen molar-refractivity contribution in [2.24, 2.45) is 5.92 Å². The molecule has 0 bridgehead atoms. The maximum absolute atomic E-state index is 2.50. The third kappa shape index (κ3) is 2.01. The number of anilines is 1. The molecule has 0 saturated heterocycles. The van der Waals surface area contributed by atoms with Crippen LogP contribution in [0.2, 0.25) is 0 Å². The summed E-state index contributed by atoms with van der Waals surface area (Å²) in [4.78, 5) is 2.50. The van der Waals surface area contributed by atoms with Crippen molar-refractivity contribution in [1.82, 2.24) is 0 Å². The van der Waals surface area contributed by atoms with Crippen molar-refractivity contribution in [2.75, 3.05) is 18.0 Å². The average molecular weight is 203 g/mol. The van der Waals surface area contributed by atoms with Gasteiger partial charge in [-0.2, -0.15) is 0 Å². The van der Waals surface area contributed by atoms with Gasteiger partial charge in [-0.15, -0.1) is 0 Å². The minimum absolute atomic E-state index is 0.751. The van der Waals surface area contributed by atoms with E-state index in [1.165, 1.54) is 18.7 Å². The van der Waals surface area contributed by atoms with Crippen molar-refractivity contribution in [3.63, 3.8) is 0 Å². The van der Waals surface area contributed by atoms with Crippen LogP contribution in [0.1, 0.15) is 38.7 Å². The van der Waals surface area contributed by atoms with Gasteiger partial charge in [0.15, 0.2) is 0 Å². The molecule has 15 heavy (non-hydrogen) atoms. The number of rotatable bonds is 3. The van der Waals surface area contributed by atoms with Crippen LogP contribution in [-0.2, 0) is 0 Å². The van der Waals surface area contributed by atoms with Gasteiger partial charge in [-0.1, -0.05) is 32.0 Å². The topological polar surface area (TPSA) is 3.24 Å². The number of benzene rings is 1. The van der Waals surface area contributed by atoms with Crippen LogP contribution in [0.15, 0.2) is 24.3 Å². The molecule has 0 radical (unpaired) electrons. The number of likely N-dealkylation sites (N-methyl/N-ethyl adjacent to an activating group) is 1. The van der Waals surface area contributed by atoms with Gasteiger partial charge in [-0.05, 0) is 30.9 Å². The second kappa shape index (κ2) is 4.26. The summed E-state index contributed by atoms with van der Waals surface area (Å²) in [6.07, 6.45) is 1.31. The van der Waals surface area contributed by atoms with E-state index in [1.54, 1.807) is 5.56 Å². The minimum Gasteiger partial charge on any atom is -0.371 e. The van der Waals surface area contributed by atoms with Crippen LogP contribution >= 0.6 is 0 Å². The maximum atomic E-state index is 2.50. The number of para-hydroxylation sites is 1. The Morgan fingerprint density at radius 1 is 1.33 bits per heavy atom. The maximum Gasteiger partial charge on any atom is 0.0402 e. The Hall–Kier alpha value is -0.980. The van der Waals surface area contributed by atoms with Crippen LogP contribution in [0.3, 0.4) is 0 Å². The average Bonchev–Trinajstić information content (AvgIpc) is 2.56. The van der Waals surface area contributed by atoms with E-state index in [1.807, 2.05) is 0 Å². The van der Waals surface area contributed by atoms with Crippen LogP contribution in [0.25, 0.3) is 0 Å². The molecule has 1 atom stereocenters. The summed E-state index contributed by atoms with van der Waals surface area (Å²) in [5.41, 5.74) is 3.03. The summed E-state index contributed by atoms with van der Waals surface area (Å²) >= 11 is 0. The highest BCUT2D eigenvalue weighted by molar-refractivity contribution is 5.59. The SMILES string of the molecule is CCN1CC(CC(C)C)c2ccccc21. The predicted molar refractivity (Wildman–Crippen MR) is 66.5 cm³/mol. The van der Waals surface area contributed by atoms with E-state index in [-0.39, 0.29) is 0 Å². The van der Waals surface area contributed by atoms with Gasteiger partial charge in [-0.25, -0.2) is 0 Å². The van der Waals surface area contributed by atoms with Gasteiger partial charge in [-0.3, -0.25) is 0 Å². The summed E-state index contributed by atoms with van der Waals surface area (Å²) in [5.74, 6) is 1.54. The largest absolute Gasteiger partial charge is 0.371 e. The molecule has 0 aromatic heterocycles. The number of hydrogen-bond acceptors (Lipinski definition) is 1. The molecule has 1 aliphatic heterocycles. The Kier molecular flexibility index (Phi) is 2.99. The Balaban J connectivity index is 2.25. The molecular formula is C14H21N. The van der Waals surface area contributed by atoms with Crippen LogP contribution in [0.4, 0.5) is 5.69 Å². The first-order valence-electron chi connectivity index (χ1n) is 6.06. The fraction of sp³-hybridized carbons (Fsp3) is 0.571. The van der Waals surface area contributed by atoms with Gasteiger partial charge >= 0.3 is 0 Å². The molecule has 1 aromatic carbocycles. The fourth-order valence-corrected chi connectivity index (χ4v) is 2.65. The highest BCUT2D eigenvalue weighted by Gasteiger charge is 2.27. The van der Waals surface area contributed by atoms with Crippen molar-refractivity contribution >= 4 is 5.69 Å². The third-order valence-electron chi connectivity index (χ3n) is 3.30. The number of nitrogens with zero attached hydrogens (tertiary/aromatic N) is 1. The number of hydrogen-bond donors (Lipinski definition) is 0. The lowest BCUT2D eigenvalue weighted by Crippen LogP contribution is -2.21. The summed E-state index contributed by atoms with van der Waals surface area (Å²) in [6, 6.07) is 8.89. The Bertz CT molecular complexity index is 330. The second-order valence-corrected chi connectivity index (χ2v) is 4.92. The van der Waals surface area contributed by atoms with Gasteiger partial charge in [0.05, 0.1) is 0 Å². The lowest BCUT2D eigenvalue weighted by Gasteiger charge is -2.17. The lowest BCUT2D eigenvalue weighted by atomic mass is 9.92. The van der Waals surface area contributed by atoms with E-state index in [9.17, 15) is 0 Å². The van der Waals surface area contributed by atoms with Gasteiger partial charge in [0.25, 0.3) is 0 Å². The molecule has 1 unspecified atom stereocenters. The van der Waals surface area contributed by atoms with E-state index in [2.05, 4.69) is 49.9 Å². The molecule has 0 saturated carbocycles. The molecule has 1 aliphatic rings. The number of fused-ring (bicyclic) bond motifs is 1. The van der Waals surface area contributed by atoms with Crippen LogP contribution in [-0.4, -0.2) is 13.1 Å². The van der Waals surface area contributed by atoms with Crippen molar-refractivity contribution in [2.45, 2.75) is 33.1 Å². The smallest absolute Gasteiger partial charge is 0.0402 e. The standard InChI is InChI=1S/C14H21N/c1-4-15-10-12(9-11(2)3)13-7-5-6-8-14(13)15/h5-8,11-12H,4,9-10H2,1-3H3. The summed E-state index contributed by atoms with van der Waals surface area (Å²) in [7, 11) is 0. The van der Waals surface area contributed by atoms with E-state index >= 15 is 0 Å². The summed E-state index contributed by atoms with van der Waals surface area (Å²) in [6.45, 7) is 9.22. The predicted octanol–water partition coefficient (Wildman–Crippen LogP) is 3.66. The third-order valence-corrected chi connectivity index (χ3v) is 3.30. The Morgan fingerprint density at radius 3 is 2.73 bits per heavy atom. The molecule has 0 N–H and O–H groups in total. The van der Waals surface area contributed by atoms with Crippen LogP contribution in [0, 0.1) is 5.92 Å². The highest BCUT2D eigenvalue weighted by atomic mass is 15.1. The zero-order chi connectivity index (χ0) is 10.8. The molecule has 82 valence electrons. The van der Waals surface area contributed by atoms with Gasteiger partial charge < -0.3 is 4.90 Å². The molecule has 1 nitrogen and oxygen atoms in total. The van der Waals surface area contributed by atoms with Crippen molar-refractivity contribution < 1.29 is 0 Å². The van der Waals surface area contributed by atoms with Gasteiger partial charge in [0.2, 0.25) is 0 Å². The van der Waals surface area contributed by atoms with E-state index < -0.39 is 0 Å². The first-order chi connectivity index (χ1) is 7.22. The second-order valence-electron chi connectivity index (χ2n) is 4.92. The Labute approximate surface area is 93.1 Å². The van der Waals surface area contributed by atoms with Gasteiger partial charge in [0.1, 0.15) is 0 Å². The van der Waals surface area contributed by atoms with E-state index in [4.69, 9.17) is 0 Å². The van der Waals surface area contributed by atoms with Crippen LogP contribution < -0.4 is 4.90 Å². The fourth-order valence-electron chi connectivity index (χ4n) is 2.65. The molecule has 0 aliphatic carbocycles. The lowest BCUT2D eigenvalue weighted by molar-refractivity contribution is 0.512. The molecule has 1 heteroatoms. The highest BCUT2D eigenvalue weighted by Crippen LogP contribution is 2.38. The first-order valence-corrected chi connectivity index (χ1v) is 6.06. The normalized spacial score (nSPS) is 19.7. The molecule has 2 rings (SSSR count). The summed E-state index contributed by atoms with van der Waals surface area (Å²) < 4.78 is 0. The molecule has 1 heterocycles. The first kappa shape index (κ1) is 10.5. The Morgan fingerprint density at radius 2 is 2.07 bits per heavy atom. The molecule has 0 spiro atoms. The summed E-state index contributed by atoms with van der Waals surface area (Å²) in [5, 5.41) is 0. The molecule has 0 fully saturated rings. The molecule has 1 aromatic rings. The van der Waals surface area contributed by atoms with Crippen molar-refractivity contribution in [3.05, 3.63) is 29.8 Å². The minimum atomic E-state index is 0.751. The molecular weight excluding hydrogens is 182 g/mol. The monoisotopic (exact) mass is 203 g/mol. The zero-order valence-corrected chi connectivity index (χ0v) is 10.0. The zero-order valence-electron chi connectivity index (χ0n) is 10.0. The van der Waals surface area contributed by atoms with Crippen molar-refractivity contribution in [1.29, 1.82) is 0 Å². The van der Waals surface area contributed by atoms with E-state index in [0.717, 1.165) is 18.4 Å². The molecule has 0 amide bonds. The van der Waals surface area contributed by atoms with E-state index in [0.29, 0.717) is 0 Å². The van der Waals surface area contributed by atoms with Crippen LogP contribution in [0.5, 0.6) is 0 Å². The van der Waals surface area contributed by atoms with Crippen molar-refractivity contribution in [3.8, 4) is 0 Å². The quantitative estimate of drug-likeness (QED) is 0.724. The van der Waals surface area contributed by atoms with Gasteiger partial charge in [0, 0.05) is 24.7 Å².